The Labute approximate surface area is 126 Å². The third-order valence-corrected chi connectivity index (χ3v) is 6.13. The van der Waals surface area contributed by atoms with Crippen LogP contribution in [0, 0.1) is 5.92 Å². The third-order valence-electron chi connectivity index (χ3n) is 3.71. The predicted molar refractivity (Wildman–Crippen MR) is 78.9 cm³/mol. The summed E-state index contributed by atoms with van der Waals surface area (Å²) in [5, 5.41) is 0.719. The van der Waals surface area contributed by atoms with Crippen molar-refractivity contribution in [2.24, 2.45) is 5.92 Å². The molecule has 8 heteroatoms. The second kappa shape index (κ2) is 5.27. The lowest BCUT2D eigenvalue weighted by Gasteiger charge is -2.12. The van der Waals surface area contributed by atoms with E-state index in [1.807, 2.05) is 0 Å². The smallest absolute Gasteiger partial charge is 0.232 e. The predicted octanol–water partition coefficient (Wildman–Crippen LogP) is 1.94. The standard InChI is InChI=1S/C12H15ClN2O3S2/c13-20(17,18)7-8-5-11(16)15(6-8)12-14-9-3-1-2-4-10(9)19-12/h8H,1-7H2. The molecule has 0 bridgehead atoms. The monoisotopic (exact) mass is 334 g/mol. The maximum absolute atomic E-state index is 12.0. The molecule has 0 N–H and O–H groups in total. The summed E-state index contributed by atoms with van der Waals surface area (Å²) in [4.78, 5) is 19.5. The van der Waals surface area contributed by atoms with Crippen LogP contribution in [0.1, 0.15) is 29.8 Å². The van der Waals surface area contributed by atoms with Gasteiger partial charge in [-0.1, -0.05) is 0 Å². The van der Waals surface area contributed by atoms with Gasteiger partial charge in [0.05, 0.1) is 11.4 Å². The number of carbonyl (C=O) groups is 1. The zero-order valence-corrected chi connectivity index (χ0v) is 13.2. The van der Waals surface area contributed by atoms with Crippen LogP contribution < -0.4 is 4.90 Å². The first-order valence-electron chi connectivity index (χ1n) is 6.63. The van der Waals surface area contributed by atoms with Crippen LogP contribution in [0.15, 0.2) is 0 Å². The molecule has 5 nitrogen and oxygen atoms in total. The summed E-state index contributed by atoms with van der Waals surface area (Å²) in [7, 11) is 1.70. The van der Waals surface area contributed by atoms with Gasteiger partial charge in [-0.05, 0) is 25.7 Å². The molecular formula is C12H15ClN2O3S2. The molecule has 1 aliphatic carbocycles. The number of nitrogens with zero attached hydrogens (tertiary/aromatic N) is 2. The fourth-order valence-electron chi connectivity index (χ4n) is 2.81. The molecule has 1 aromatic heterocycles. The van der Waals surface area contributed by atoms with Crippen LogP contribution in [-0.2, 0) is 26.7 Å². The normalized spacial score (nSPS) is 23.1. The Balaban J connectivity index is 1.77. The van der Waals surface area contributed by atoms with E-state index in [4.69, 9.17) is 10.7 Å². The van der Waals surface area contributed by atoms with Gasteiger partial charge < -0.3 is 0 Å². The van der Waals surface area contributed by atoms with Crippen LogP contribution in [0.5, 0.6) is 0 Å². The molecule has 0 saturated carbocycles. The van der Waals surface area contributed by atoms with Crippen molar-refractivity contribution in [2.75, 3.05) is 17.2 Å². The van der Waals surface area contributed by atoms with Crippen LogP contribution in [-0.4, -0.2) is 31.6 Å². The topological polar surface area (TPSA) is 67.3 Å². The lowest BCUT2D eigenvalue weighted by molar-refractivity contribution is -0.117. The first kappa shape index (κ1) is 14.3. The molecular weight excluding hydrogens is 320 g/mol. The Morgan fingerprint density at radius 2 is 2.10 bits per heavy atom. The second-order valence-electron chi connectivity index (χ2n) is 5.35. The van der Waals surface area contributed by atoms with Crippen LogP contribution >= 0.6 is 22.0 Å². The van der Waals surface area contributed by atoms with Gasteiger partial charge in [0, 0.05) is 34.4 Å². The molecule has 1 saturated heterocycles. The number of aromatic nitrogens is 1. The summed E-state index contributed by atoms with van der Waals surface area (Å²) < 4.78 is 22.2. The average molecular weight is 335 g/mol. The van der Waals surface area contributed by atoms with Crippen molar-refractivity contribution in [3.63, 3.8) is 0 Å². The first-order chi connectivity index (χ1) is 9.42. The van der Waals surface area contributed by atoms with Gasteiger partial charge in [0.25, 0.3) is 0 Å². The number of hydrogen-bond acceptors (Lipinski definition) is 5. The van der Waals surface area contributed by atoms with Crippen molar-refractivity contribution in [3.05, 3.63) is 10.6 Å². The first-order valence-corrected chi connectivity index (χ1v) is 9.93. The van der Waals surface area contributed by atoms with Crippen molar-refractivity contribution >= 4 is 42.1 Å². The molecule has 1 aliphatic heterocycles. The fraction of sp³-hybridized carbons (Fsp3) is 0.667. The summed E-state index contributed by atoms with van der Waals surface area (Å²) in [5.41, 5.74) is 1.11. The SMILES string of the molecule is O=C1CC(CS(=O)(=O)Cl)CN1c1nc2c(s1)CCCC2. The maximum Gasteiger partial charge on any atom is 0.232 e. The Morgan fingerprint density at radius 1 is 1.35 bits per heavy atom. The largest absolute Gasteiger partial charge is 0.288 e. The quantitative estimate of drug-likeness (QED) is 0.792. The lowest BCUT2D eigenvalue weighted by atomic mass is 10.0. The summed E-state index contributed by atoms with van der Waals surface area (Å²) >= 11 is 1.57. The Bertz CT molecular complexity index is 618. The highest BCUT2D eigenvalue weighted by Gasteiger charge is 2.35. The minimum atomic E-state index is -3.56. The van der Waals surface area contributed by atoms with E-state index in [-0.39, 0.29) is 24.0 Å². The van der Waals surface area contributed by atoms with Gasteiger partial charge in [-0.25, -0.2) is 13.4 Å². The molecule has 1 unspecified atom stereocenters. The summed E-state index contributed by atoms with van der Waals surface area (Å²) in [6.45, 7) is 0.400. The van der Waals surface area contributed by atoms with Crippen molar-refractivity contribution in [1.29, 1.82) is 0 Å². The molecule has 110 valence electrons. The van der Waals surface area contributed by atoms with E-state index in [1.54, 1.807) is 16.2 Å². The molecule has 1 amide bonds. The molecule has 1 aromatic rings. The van der Waals surface area contributed by atoms with E-state index in [1.165, 1.54) is 11.3 Å². The number of rotatable bonds is 3. The van der Waals surface area contributed by atoms with Crippen molar-refractivity contribution < 1.29 is 13.2 Å². The number of aryl methyl sites for hydroxylation is 2. The lowest BCUT2D eigenvalue weighted by Crippen LogP contribution is -2.25. The maximum atomic E-state index is 12.0. The van der Waals surface area contributed by atoms with Gasteiger partial charge in [-0.3, -0.25) is 9.69 Å². The van der Waals surface area contributed by atoms with Crippen molar-refractivity contribution in [1.82, 2.24) is 4.98 Å². The fourth-order valence-corrected chi connectivity index (χ4v) is 5.31. The average Bonchev–Trinajstić information content (AvgIpc) is 2.90. The molecule has 1 atom stereocenters. The molecule has 0 spiro atoms. The van der Waals surface area contributed by atoms with E-state index in [2.05, 4.69) is 4.98 Å². The second-order valence-corrected chi connectivity index (χ2v) is 9.24. The number of carbonyl (C=O) groups excluding carboxylic acids is 1. The zero-order chi connectivity index (χ0) is 14.3. The van der Waals surface area contributed by atoms with Gasteiger partial charge in [0.15, 0.2) is 5.13 Å². The molecule has 2 heterocycles. The summed E-state index contributed by atoms with van der Waals surface area (Å²) in [5.74, 6) is -0.436. The van der Waals surface area contributed by atoms with Crippen molar-refractivity contribution in [2.45, 2.75) is 32.1 Å². The minimum Gasteiger partial charge on any atom is -0.288 e. The van der Waals surface area contributed by atoms with Gasteiger partial charge >= 0.3 is 0 Å². The number of hydrogen-bond donors (Lipinski definition) is 0. The Hall–Kier alpha value is -0.660. The zero-order valence-electron chi connectivity index (χ0n) is 10.8. The Morgan fingerprint density at radius 3 is 2.80 bits per heavy atom. The third kappa shape index (κ3) is 2.99. The number of fused-ring (bicyclic) bond motifs is 1. The molecule has 1 fully saturated rings. The number of thiazole rings is 1. The molecule has 0 aromatic carbocycles. The molecule has 2 aliphatic rings. The van der Waals surface area contributed by atoms with Crippen LogP contribution in [0.25, 0.3) is 0 Å². The van der Waals surface area contributed by atoms with Crippen LogP contribution in [0.3, 0.4) is 0 Å². The van der Waals surface area contributed by atoms with E-state index in [0.717, 1.165) is 30.1 Å². The van der Waals surface area contributed by atoms with Gasteiger partial charge in [-0.2, -0.15) is 0 Å². The minimum absolute atomic E-state index is 0.0542. The van der Waals surface area contributed by atoms with Gasteiger partial charge in [0.1, 0.15) is 0 Å². The van der Waals surface area contributed by atoms with Crippen molar-refractivity contribution in [3.8, 4) is 0 Å². The highest BCUT2D eigenvalue weighted by molar-refractivity contribution is 8.13. The number of anilines is 1. The van der Waals surface area contributed by atoms with Gasteiger partial charge in [0.2, 0.25) is 15.0 Å². The van der Waals surface area contributed by atoms with Crippen LogP contribution in [0.4, 0.5) is 5.13 Å². The van der Waals surface area contributed by atoms with E-state index >= 15 is 0 Å². The molecule has 3 rings (SSSR count). The molecule has 0 radical (unpaired) electrons. The van der Waals surface area contributed by atoms with E-state index < -0.39 is 9.05 Å². The Kier molecular flexibility index (Phi) is 3.77. The highest BCUT2D eigenvalue weighted by atomic mass is 35.7. The van der Waals surface area contributed by atoms with E-state index in [9.17, 15) is 13.2 Å². The summed E-state index contributed by atoms with van der Waals surface area (Å²) in [6, 6.07) is 0. The van der Waals surface area contributed by atoms with Gasteiger partial charge in [-0.15, -0.1) is 11.3 Å². The highest BCUT2D eigenvalue weighted by Crippen LogP contribution is 2.35. The number of amides is 1. The number of halogens is 1. The summed E-state index contributed by atoms with van der Waals surface area (Å²) in [6.07, 6.45) is 4.57. The molecule has 20 heavy (non-hydrogen) atoms. The van der Waals surface area contributed by atoms with E-state index in [0.29, 0.717) is 6.54 Å². The van der Waals surface area contributed by atoms with Crippen LogP contribution in [0.2, 0.25) is 0 Å².